The molecule has 0 radical (unpaired) electrons. The van der Waals surface area contributed by atoms with Crippen LogP contribution in [0, 0.1) is 11.3 Å². The fourth-order valence-corrected chi connectivity index (χ4v) is 8.46. The van der Waals surface area contributed by atoms with Crippen molar-refractivity contribution >= 4 is 65.5 Å². The van der Waals surface area contributed by atoms with E-state index < -0.39 is 0 Å². The van der Waals surface area contributed by atoms with Crippen LogP contribution in [-0.2, 0) is 0 Å². The van der Waals surface area contributed by atoms with E-state index in [1.165, 1.54) is 16.3 Å². The molecule has 0 aliphatic heterocycles. The number of pyridine rings is 1. The fourth-order valence-electron chi connectivity index (χ4n) is 8.46. The lowest BCUT2D eigenvalue weighted by atomic mass is 10.0. The molecular formula is C48H29N5. The largest absolute Gasteiger partial charge is 0.309 e. The molecule has 5 nitrogen and oxygen atoms in total. The molecule has 11 aromatic rings. The lowest BCUT2D eigenvalue weighted by Crippen LogP contribution is -1.96. The number of nitriles is 1. The molecule has 0 saturated heterocycles. The summed E-state index contributed by atoms with van der Waals surface area (Å²) in [4.78, 5) is 5.04. The molecule has 4 aromatic heterocycles. The van der Waals surface area contributed by atoms with E-state index in [9.17, 15) is 5.26 Å². The average Bonchev–Trinajstić information content (AvgIpc) is 3.87. The van der Waals surface area contributed by atoms with Crippen molar-refractivity contribution in [3.05, 3.63) is 182 Å². The molecule has 0 saturated carbocycles. The molecule has 0 amide bonds. The summed E-state index contributed by atoms with van der Waals surface area (Å²) >= 11 is 0. The minimum Gasteiger partial charge on any atom is -0.309 e. The van der Waals surface area contributed by atoms with Crippen molar-refractivity contribution in [1.29, 1.82) is 5.26 Å². The Morgan fingerprint density at radius 3 is 1.74 bits per heavy atom. The molecule has 0 aliphatic carbocycles. The predicted molar refractivity (Wildman–Crippen MR) is 217 cm³/mol. The first kappa shape index (κ1) is 29.3. The van der Waals surface area contributed by atoms with Crippen LogP contribution in [0.15, 0.2) is 176 Å². The molecule has 0 bridgehead atoms. The third-order valence-electron chi connectivity index (χ3n) is 10.7. The van der Waals surface area contributed by atoms with Crippen LogP contribution in [0.5, 0.6) is 0 Å². The number of para-hydroxylation sites is 3. The summed E-state index contributed by atoms with van der Waals surface area (Å²) in [5.74, 6) is 0. The summed E-state index contributed by atoms with van der Waals surface area (Å²) in [6, 6.07) is 62.3. The van der Waals surface area contributed by atoms with Gasteiger partial charge in [0.1, 0.15) is 0 Å². The van der Waals surface area contributed by atoms with Gasteiger partial charge in [0.15, 0.2) is 0 Å². The first-order valence-electron chi connectivity index (χ1n) is 17.8. The highest BCUT2D eigenvalue weighted by atomic mass is 15.0. The first-order valence-corrected chi connectivity index (χ1v) is 17.8. The van der Waals surface area contributed by atoms with E-state index in [2.05, 4.69) is 171 Å². The normalized spacial score (nSPS) is 11.8. The van der Waals surface area contributed by atoms with Crippen molar-refractivity contribution in [3.8, 4) is 34.3 Å². The third-order valence-corrected chi connectivity index (χ3v) is 10.7. The number of benzene rings is 7. The summed E-state index contributed by atoms with van der Waals surface area (Å²) < 4.78 is 7.05. The molecule has 4 heterocycles. The van der Waals surface area contributed by atoms with Crippen molar-refractivity contribution in [2.75, 3.05) is 0 Å². The van der Waals surface area contributed by atoms with Crippen molar-refractivity contribution in [1.82, 2.24) is 18.7 Å². The summed E-state index contributed by atoms with van der Waals surface area (Å²) in [5.41, 5.74) is 13.8. The van der Waals surface area contributed by atoms with Gasteiger partial charge in [0, 0.05) is 44.8 Å². The SMILES string of the molecule is N#Cc1ccc2c(c1)c1ccccc1n2-c1cccc(-c2cccc(-n3c4cccnc4c4c3ccc3c5ccccc5n(-c5ccccc5)c34)c2)c1. The maximum absolute atomic E-state index is 9.64. The second kappa shape index (κ2) is 11.3. The Morgan fingerprint density at radius 2 is 1.00 bits per heavy atom. The summed E-state index contributed by atoms with van der Waals surface area (Å²) in [5, 5.41) is 15.4. The standard InChI is InChI=1S/C48H29N5/c49-30-31-22-24-43-40(27-31)38-18-5-6-19-41(38)51(43)35-15-8-11-32(28-35)33-12-9-16-36(29-33)52-44-25-23-39-37-17-4-7-20-42(37)53(34-13-2-1-3-14-34)48(39)46(44)47-45(52)21-10-26-50-47/h1-29H. The van der Waals surface area contributed by atoms with E-state index >= 15 is 0 Å². The van der Waals surface area contributed by atoms with Crippen LogP contribution in [0.1, 0.15) is 5.56 Å². The maximum Gasteiger partial charge on any atom is 0.0991 e. The van der Waals surface area contributed by atoms with Crippen LogP contribution >= 0.6 is 0 Å². The van der Waals surface area contributed by atoms with Gasteiger partial charge in [-0.2, -0.15) is 5.26 Å². The molecule has 11 rings (SSSR count). The molecule has 5 heteroatoms. The van der Waals surface area contributed by atoms with Gasteiger partial charge >= 0.3 is 0 Å². The van der Waals surface area contributed by atoms with Crippen LogP contribution < -0.4 is 0 Å². The topological polar surface area (TPSA) is 51.5 Å². The number of hydrogen-bond donors (Lipinski definition) is 0. The number of fused-ring (bicyclic) bond motifs is 10. The monoisotopic (exact) mass is 675 g/mol. The van der Waals surface area contributed by atoms with Crippen LogP contribution in [0.4, 0.5) is 0 Å². The minimum absolute atomic E-state index is 0.661. The number of aromatic nitrogens is 4. The Balaban J connectivity index is 1.13. The average molecular weight is 676 g/mol. The van der Waals surface area contributed by atoms with Crippen LogP contribution in [-0.4, -0.2) is 18.7 Å². The maximum atomic E-state index is 9.64. The molecule has 7 aromatic carbocycles. The predicted octanol–water partition coefficient (Wildman–Crippen LogP) is 11.9. The quantitative estimate of drug-likeness (QED) is 0.186. The third kappa shape index (κ3) is 4.27. The molecule has 0 aliphatic rings. The van der Waals surface area contributed by atoms with Gasteiger partial charge in [-0.1, -0.05) is 84.9 Å². The van der Waals surface area contributed by atoms with Crippen LogP contribution in [0.3, 0.4) is 0 Å². The van der Waals surface area contributed by atoms with Gasteiger partial charge in [-0.15, -0.1) is 0 Å². The molecule has 0 N–H and O–H groups in total. The van der Waals surface area contributed by atoms with Gasteiger partial charge in [0.25, 0.3) is 0 Å². The Hall–Kier alpha value is -7.42. The van der Waals surface area contributed by atoms with Gasteiger partial charge in [-0.3, -0.25) is 4.98 Å². The van der Waals surface area contributed by atoms with Crippen molar-refractivity contribution in [2.24, 2.45) is 0 Å². The highest BCUT2D eigenvalue weighted by Crippen LogP contribution is 2.42. The summed E-state index contributed by atoms with van der Waals surface area (Å²) in [6.07, 6.45) is 1.90. The summed E-state index contributed by atoms with van der Waals surface area (Å²) in [7, 11) is 0. The fraction of sp³-hybridized carbons (Fsp3) is 0. The molecular weight excluding hydrogens is 647 g/mol. The zero-order chi connectivity index (χ0) is 35.0. The molecule has 0 atom stereocenters. The van der Waals surface area contributed by atoms with E-state index in [-0.39, 0.29) is 0 Å². The van der Waals surface area contributed by atoms with Gasteiger partial charge in [-0.05, 0) is 96.1 Å². The van der Waals surface area contributed by atoms with Crippen molar-refractivity contribution in [3.63, 3.8) is 0 Å². The molecule has 246 valence electrons. The van der Waals surface area contributed by atoms with E-state index in [0.29, 0.717) is 5.56 Å². The zero-order valence-electron chi connectivity index (χ0n) is 28.5. The number of nitrogens with zero attached hydrogens (tertiary/aromatic N) is 5. The second-order valence-electron chi connectivity index (χ2n) is 13.5. The van der Waals surface area contributed by atoms with E-state index in [0.717, 1.165) is 77.4 Å². The van der Waals surface area contributed by atoms with Gasteiger partial charge < -0.3 is 13.7 Å². The summed E-state index contributed by atoms with van der Waals surface area (Å²) in [6.45, 7) is 0. The lowest BCUT2D eigenvalue weighted by molar-refractivity contribution is 1.17. The Labute approximate surface area is 304 Å². The van der Waals surface area contributed by atoms with Crippen LogP contribution in [0.25, 0.3) is 93.7 Å². The Morgan fingerprint density at radius 1 is 0.415 bits per heavy atom. The highest BCUT2D eigenvalue weighted by molar-refractivity contribution is 6.25. The van der Waals surface area contributed by atoms with Gasteiger partial charge in [-0.25, -0.2) is 0 Å². The zero-order valence-corrected chi connectivity index (χ0v) is 28.5. The van der Waals surface area contributed by atoms with Crippen molar-refractivity contribution in [2.45, 2.75) is 0 Å². The van der Waals surface area contributed by atoms with Gasteiger partial charge in [0.05, 0.1) is 55.6 Å². The van der Waals surface area contributed by atoms with E-state index in [4.69, 9.17) is 4.98 Å². The van der Waals surface area contributed by atoms with Crippen molar-refractivity contribution < 1.29 is 0 Å². The first-order chi connectivity index (χ1) is 26.3. The van der Waals surface area contributed by atoms with E-state index in [1.807, 2.05) is 24.4 Å². The molecule has 0 fully saturated rings. The van der Waals surface area contributed by atoms with Crippen LogP contribution in [0.2, 0.25) is 0 Å². The van der Waals surface area contributed by atoms with E-state index in [1.54, 1.807) is 0 Å². The highest BCUT2D eigenvalue weighted by Gasteiger charge is 2.21. The Kier molecular flexibility index (Phi) is 6.25. The van der Waals surface area contributed by atoms with Gasteiger partial charge in [0.2, 0.25) is 0 Å². The molecule has 53 heavy (non-hydrogen) atoms. The minimum atomic E-state index is 0.661. The molecule has 0 spiro atoms. The smallest absolute Gasteiger partial charge is 0.0991 e. The lowest BCUT2D eigenvalue weighted by Gasteiger charge is -2.13. The number of hydrogen-bond acceptors (Lipinski definition) is 2. The Bertz CT molecular complexity index is 3300. The molecule has 0 unspecified atom stereocenters. The second-order valence-corrected chi connectivity index (χ2v) is 13.5. The number of rotatable bonds is 4.